The van der Waals surface area contributed by atoms with E-state index < -0.39 is 10.9 Å². The molecule has 0 saturated heterocycles. The molecule has 0 fully saturated rings. The molecular formula is C16H15NO5. The van der Waals surface area contributed by atoms with E-state index in [0.29, 0.717) is 11.5 Å². The third-order valence-corrected chi connectivity index (χ3v) is 2.87. The summed E-state index contributed by atoms with van der Waals surface area (Å²) in [6.45, 7) is 1.91. The number of nitro benzene ring substituents is 1. The van der Waals surface area contributed by atoms with Crippen LogP contribution in [0, 0.1) is 10.1 Å². The second-order valence-corrected chi connectivity index (χ2v) is 4.44. The molecule has 22 heavy (non-hydrogen) atoms. The summed E-state index contributed by atoms with van der Waals surface area (Å²) in [5.74, 6) is 0.525. The molecule has 0 saturated carbocycles. The Morgan fingerprint density at radius 3 is 2.50 bits per heavy atom. The molecule has 2 aromatic rings. The molecule has 0 aliphatic rings. The Hall–Kier alpha value is -2.89. The molecule has 0 aromatic heterocycles. The summed E-state index contributed by atoms with van der Waals surface area (Å²) in [6.07, 6.45) is -0.170. The van der Waals surface area contributed by atoms with Crippen LogP contribution in [0.1, 0.15) is 12.5 Å². The number of ether oxygens (including phenoxy) is 2. The van der Waals surface area contributed by atoms with Gasteiger partial charge in [0.2, 0.25) is 0 Å². The fraction of sp³-hybridized carbons (Fsp3) is 0.188. The Kier molecular flexibility index (Phi) is 5.08. The van der Waals surface area contributed by atoms with E-state index in [9.17, 15) is 14.9 Å². The number of para-hydroxylation sites is 1. The molecule has 6 nitrogen and oxygen atoms in total. The van der Waals surface area contributed by atoms with Crippen molar-refractivity contribution in [3.05, 3.63) is 64.2 Å². The van der Waals surface area contributed by atoms with Gasteiger partial charge in [-0.05, 0) is 31.2 Å². The topological polar surface area (TPSA) is 78.7 Å². The molecule has 0 heterocycles. The van der Waals surface area contributed by atoms with Gasteiger partial charge >= 0.3 is 5.97 Å². The van der Waals surface area contributed by atoms with Gasteiger partial charge in [-0.25, -0.2) is 0 Å². The van der Waals surface area contributed by atoms with E-state index in [2.05, 4.69) is 0 Å². The Balaban J connectivity index is 2.26. The summed E-state index contributed by atoms with van der Waals surface area (Å²) in [5.41, 5.74) is 0.130. The molecule has 0 atom stereocenters. The molecule has 0 bridgehead atoms. The number of carbonyl (C=O) groups excluding carboxylic acids is 1. The first kappa shape index (κ1) is 15.5. The first-order valence-corrected chi connectivity index (χ1v) is 6.76. The van der Waals surface area contributed by atoms with Crippen LogP contribution in [0.4, 0.5) is 5.69 Å². The van der Waals surface area contributed by atoms with Gasteiger partial charge in [-0.15, -0.1) is 0 Å². The predicted molar refractivity (Wildman–Crippen MR) is 79.9 cm³/mol. The molecule has 0 aliphatic heterocycles. The second kappa shape index (κ2) is 7.21. The third-order valence-electron chi connectivity index (χ3n) is 2.87. The zero-order valence-electron chi connectivity index (χ0n) is 12.0. The van der Waals surface area contributed by atoms with Crippen molar-refractivity contribution in [2.75, 3.05) is 6.61 Å². The highest BCUT2D eigenvalue weighted by molar-refractivity contribution is 5.74. The van der Waals surface area contributed by atoms with Crippen molar-refractivity contribution in [1.82, 2.24) is 0 Å². The lowest BCUT2D eigenvalue weighted by Crippen LogP contribution is -2.09. The van der Waals surface area contributed by atoms with Gasteiger partial charge in [0.05, 0.1) is 18.0 Å². The van der Waals surface area contributed by atoms with E-state index in [-0.39, 0.29) is 24.3 Å². The molecule has 0 N–H and O–H groups in total. The van der Waals surface area contributed by atoms with Crippen LogP contribution in [0.2, 0.25) is 0 Å². The largest absolute Gasteiger partial charge is 0.466 e. The van der Waals surface area contributed by atoms with Crippen LogP contribution in [0.3, 0.4) is 0 Å². The molecule has 0 amide bonds. The van der Waals surface area contributed by atoms with Crippen LogP contribution >= 0.6 is 0 Å². The molecular weight excluding hydrogens is 286 g/mol. The number of nitro groups is 1. The van der Waals surface area contributed by atoms with E-state index >= 15 is 0 Å². The molecule has 114 valence electrons. The number of esters is 1. The lowest BCUT2D eigenvalue weighted by atomic mass is 10.1. The van der Waals surface area contributed by atoms with Gasteiger partial charge in [0.15, 0.2) is 0 Å². The zero-order valence-corrected chi connectivity index (χ0v) is 12.0. The smallest absolute Gasteiger partial charge is 0.310 e. The van der Waals surface area contributed by atoms with Crippen LogP contribution in [-0.4, -0.2) is 17.5 Å². The summed E-state index contributed by atoms with van der Waals surface area (Å²) >= 11 is 0. The number of benzene rings is 2. The lowest BCUT2D eigenvalue weighted by Gasteiger charge is -2.08. The third kappa shape index (κ3) is 4.05. The fourth-order valence-electron chi connectivity index (χ4n) is 1.94. The molecule has 0 unspecified atom stereocenters. The normalized spacial score (nSPS) is 10.0. The van der Waals surface area contributed by atoms with Crippen molar-refractivity contribution < 1.29 is 19.2 Å². The van der Waals surface area contributed by atoms with Crippen molar-refractivity contribution >= 4 is 11.7 Å². The van der Waals surface area contributed by atoms with Crippen molar-refractivity contribution in [1.29, 1.82) is 0 Å². The van der Waals surface area contributed by atoms with E-state index in [4.69, 9.17) is 9.47 Å². The van der Waals surface area contributed by atoms with Gasteiger partial charge in [-0.2, -0.15) is 0 Å². The molecule has 2 rings (SSSR count). The second-order valence-electron chi connectivity index (χ2n) is 4.44. The van der Waals surface area contributed by atoms with Crippen molar-refractivity contribution in [2.24, 2.45) is 0 Å². The first-order valence-electron chi connectivity index (χ1n) is 6.76. The molecule has 0 spiro atoms. The first-order chi connectivity index (χ1) is 10.6. The van der Waals surface area contributed by atoms with Crippen molar-refractivity contribution in [3.63, 3.8) is 0 Å². The number of hydrogen-bond donors (Lipinski definition) is 0. The van der Waals surface area contributed by atoms with Gasteiger partial charge in [0, 0.05) is 11.6 Å². The Labute approximate surface area is 127 Å². The number of rotatable bonds is 6. The van der Waals surface area contributed by atoms with E-state index in [1.807, 2.05) is 18.2 Å². The average Bonchev–Trinajstić information content (AvgIpc) is 2.48. The monoisotopic (exact) mass is 301 g/mol. The number of hydrogen-bond acceptors (Lipinski definition) is 5. The van der Waals surface area contributed by atoms with Crippen LogP contribution < -0.4 is 4.74 Å². The summed E-state index contributed by atoms with van der Waals surface area (Å²) in [5, 5.41) is 11.0. The Morgan fingerprint density at radius 2 is 1.86 bits per heavy atom. The van der Waals surface area contributed by atoms with Gasteiger partial charge in [-0.1, -0.05) is 18.2 Å². The molecule has 0 aliphatic carbocycles. The number of carbonyl (C=O) groups is 1. The number of nitrogens with zero attached hydrogens (tertiary/aromatic N) is 1. The summed E-state index contributed by atoms with van der Waals surface area (Å²) in [6, 6.07) is 13.4. The highest BCUT2D eigenvalue weighted by Crippen LogP contribution is 2.28. The summed E-state index contributed by atoms with van der Waals surface area (Å²) < 4.78 is 10.5. The minimum Gasteiger partial charge on any atom is -0.466 e. The van der Waals surface area contributed by atoms with Crippen molar-refractivity contribution in [3.8, 4) is 11.5 Å². The van der Waals surface area contributed by atoms with Gasteiger partial charge in [0.1, 0.15) is 11.5 Å². The predicted octanol–water partition coefficient (Wildman–Crippen LogP) is 3.49. The van der Waals surface area contributed by atoms with E-state index in [1.54, 1.807) is 19.1 Å². The maximum absolute atomic E-state index is 11.6. The van der Waals surface area contributed by atoms with Crippen LogP contribution in [0.5, 0.6) is 11.5 Å². The molecule has 0 radical (unpaired) electrons. The Bertz CT molecular complexity index is 669. The quantitative estimate of drug-likeness (QED) is 0.463. The summed E-state index contributed by atoms with van der Waals surface area (Å²) in [4.78, 5) is 22.1. The zero-order chi connectivity index (χ0) is 15.9. The highest BCUT2D eigenvalue weighted by Gasteiger charge is 2.18. The van der Waals surface area contributed by atoms with Crippen LogP contribution in [0.25, 0.3) is 0 Å². The van der Waals surface area contributed by atoms with Gasteiger partial charge in [0.25, 0.3) is 5.69 Å². The SMILES string of the molecule is CCOC(=O)Cc1cc(Oc2ccccc2)ccc1[N+](=O)[O-]. The highest BCUT2D eigenvalue weighted by atomic mass is 16.6. The molecule has 6 heteroatoms. The van der Waals surface area contributed by atoms with E-state index in [1.165, 1.54) is 18.2 Å². The maximum atomic E-state index is 11.6. The lowest BCUT2D eigenvalue weighted by molar-refractivity contribution is -0.385. The minimum absolute atomic E-state index is 0.131. The fourth-order valence-corrected chi connectivity index (χ4v) is 1.94. The van der Waals surface area contributed by atoms with Gasteiger partial charge < -0.3 is 9.47 Å². The molecule has 2 aromatic carbocycles. The van der Waals surface area contributed by atoms with Crippen molar-refractivity contribution in [2.45, 2.75) is 13.3 Å². The Morgan fingerprint density at radius 1 is 1.14 bits per heavy atom. The maximum Gasteiger partial charge on any atom is 0.310 e. The summed E-state index contributed by atoms with van der Waals surface area (Å²) in [7, 11) is 0. The standard InChI is InChI=1S/C16H15NO5/c1-2-21-16(18)11-12-10-14(8-9-15(12)17(19)20)22-13-6-4-3-5-7-13/h3-10H,2,11H2,1H3. The van der Waals surface area contributed by atoms with E-state index in [0.717, 1.165) is 0 Å². The van der Waals surface area contributed by atoms with Crippen LogP contribution in [0.15, 0.2) is 48.5 Å². The van der Waals surface area contributed by atoms with Gasteiger partial charge in [-0.3, -0.25) is 14.9 Å². The minimum atomic E-state index is -0.527. The van der Waals surface area contributed by atoms with Crippen LogP contribution in [-0.2, 0) is 16.0 Å². The average molecular weight is 301 g/mol.